The third kappa shape index (κ3) is 8.23. The molecule has 0 atom stereocenters. The standard InChI is InChI=1S/C46H30B2N8O.C39H24BN7O/c1-3-15-31(16-4-1)51-36-20-8-10-22-38(36)54-39-23-11-9-21-37(39)53(47(51)54)33-27-28-42-43(29-33)55-40-24-12-13-25-41(40)56(48(55)52(42)32-17-5-2-6-18-32)46-49-30-35-34-19-7-14-26-44(34)57-45(35)50-46;1-2-11-25(12-3-1)45-33-21-20-26(44-30-15-6-4-14-28(30)37-34(44)18-10-22-41-37)23-35(33)46-31-16-7-8-17-32(31)47(40(45)46)39-42-24-29-27-13-5-9-19-36(27)48-38(29)43-39/h1-30H;1-24H. The lowest BCUT2D eigenvalue weighted by atomic mass is 9.86. The molecule has 0 aliphatic carbocycles. The van der Waals surface area contributed by atoms with Gasteiger partial charge in [-0.2, -0.15) is 9.97 Å². The van der Waals surface area contributed by atoms with Crippen molar-refractivity contribution >= 4 is 190 Å². The predicted molar refractivity (Wildman–Crippen MR) is 425 cm³/mol. The first-order chi connectivity index (χ1) is 52.1. The first-order valence-corrected chi connectivity index (χ1v) is 35.2. The lowest BCUT2D eigenvalue weighted by Crippen LogP contribution is -2.52. The molecule has 0 radical (unpaired) electrons. The molecule has 0 spiro atoms. The van der Waals surface area contributed by atoms with Crippen LogP contribution in [0.2, 0.25) is 0 Å². The first-order valence-electron chi connectivity index (χ1n) is 35.2. The third-order valence-corrected chi connectivity index (χ3v) is 21.4. The van der Waals surface area contributed by atoms with E-state index in [4.69, 9.17) is 33.8 Å². The summed E-state index contributed by atoms with van der Waals surface area (Å²) in [4.78, 5) is 46.5. The molecule has 0 bridgehead atoms. The molecule has 105 heavy (non-hydrogen) atoms. The topological polar surface area (TPSA) is 125 Å². The van der Waals surface area contributed by atoms with Crippen molar-refractivity contribution in [1.82, 2.24) is 29.5 Å². The zero-order chi connectivity index (χ0) is 68.5. The maximum atomic E-state index is 6.31. The van der Waals surface area contributed by atoms with E-state index in [-0.39, 0.29) is 21.4 Å². The number of pyridine rings is 1. The lowest BCUT2D eigenvalue weighted by Gasteiger charge is -2.32. The van der Waals surface area contributed by atoms with Crippen LogP contribution in [0.3, 0.4) is 0 Å². The van der Waals surface area contributed by atoms with Crippen molar-refractivity contribution in [3.63, 3.8) is 0 Å². The number of nitrogens with zero attached hydrogens (tertiary/aromatic N) is 15. The number of fused-ring (bicyclic) bond motifs is 24. The second kappa shape index (κ2) is 22.1. The largest absolute Gasteiger partial charge is 0.521 e. The summed E-state index contributed by atoms with van der Waals surface area (Å²) < 4.78 is 14.9. The second-order valence-electron chi connectivity index (χ2n) is 26.9. The molecule has 18 aromatic rings. The molecule has 0 fully saturated rings. The molecule has 0 amide bonds. The number of para-hydroxylation sites is 14. The quantitative estimate of drug-likeness (QED) is 0.140. The van der Waals surface area contributed by atoms with E-state index >= 15 is 0 Å². The highest BCUT2D eigenvalue weighted by molar-refractivity contribution is 6.82. The molecule has 17 nitrogen and oxygen atoms in total. The minimum Gasteiger partial charge on any atom is -0.438 e. The summed E-state index contributed by atoms with van der Waals surface area (Å²) in [5.74, 6) is 1.14. The number of hydrogen-bond acceptors (Lipinski definition) is 16. The Labute approximate surface area is 602 Å². The highest BCUT2D eigenvalue weighted by atomic mass is 16.3. The molecule has 12 heterocycles. The highest BCUT2D eigenvalue weighted by Crippen LogP contribution is 2.61. The van der Waals surface area contributed by atoms with E-state index in [1.54, 1.807) is 0 Å². The molecule has 0 saturated heterocycles. The minimum absolute atomic E-state index is 0.158. The van der Waals surface area contributed by atoms with Gasteiger partial charge in [-0.15, -0.1) is 0 Å². The number of benzene rings is 12. The molecule has 20 heteroatoms. The Morgan fingerprint density at radius 1 is 0.238 bits per heavy atom. The lowest BCUT2D eigenvalue weighted by molar-refractivity contribution is 0.652. The number of aromatic nitrogens is 6. The van der Waals surface area contributed by atoms with Crippen LogP contribution in [0.15, 0.2) is 337 Å². The molecule has 6 aromatic heterocycles. The summed E-state index contributed by atoms with van der Waals surface area (Å²) in [7, 11) is -0.776. The van der Waals surface area contributed by atoms with Crippen molar-refractivity contribution in [2.45, 2.75) is 0 Å². The smallest absolute Gasteiger partial charge is 0.438 e. The zero-order valence-corrected chi connectivity index (χ0v) is 55.9. The Kier molecular flexibility index (Phi) is 12.1. The van der Waals surface area contributed by atoms with Gasteiger partial charge in [0.2, 0.25) is 23.3 Å². The average Bonchev–Trinajstić information content (AvgIpc) is 1.54. The molecular weight excluding hydrogens is 1300 g/mol. The highest BCUT2D eigenvalue weighted by Gasteiger charge is 2.58. The maximum absolute atomic E-state index is 6.31. The summed E-state index contributed by atoms with van der Waals surface area (Å²) in [6.07, 6.45) is 5.65. The Hall–Kier alpha value is -14.3. The monoisotopic (exact) mass is 1350 g/mol. The van der Waals surface area contributed by atoms with E-state index in [0.29, 0.717) is 23.3 Å². The van der Waals surface area contributed by atoms with Crippen molar-refractivity contribution in [2.75, 3.05) is 43.3 Å². The van der Waals surface area contributed by atoms with Crippen LogP contribution >= 0.6 is 0 Å². The molecule has 6 aliphatic heterocycles. The van der Waals surface area contributed by atoms with E-state index in [0.717, 1.165) is 134 Å². The zero-order valence-electron chi connectivity index (χ0n) is 55.9. The molecular formula is C85H54B3N15O2. The van der Waals surface area contributed by atoms with Crippen LogP contribution in [0.1, 0.15) is 0 Å². The van der Waals surface area contributed by atoms with Gasteiger partial charge in [-0.05, 0) is 152 Å². The van der Waals surface area contributed by atoms with Crippen LogP contribution in [0.25, 0.3) is 71.8 Å². The molecule has 490 valence electrons. The Morgan fingerprint density at radius 3 is 1.06 bits per heavy atom. The first kappa shape index (κ1) is 57.5. The van der Waals surface area contributed by atoms with Gasteiger partial charge in [-0.1, -0.05) is 158 Å². The van der Waals surface area contributed by atoms with Crippen LogP contribution in [0.5, 0.6) is 0 Å². The van der Waals surface area contributed by atoms with Gasteiger partial charge in [0.1, 0.15) is 11.2 Å². The van der Waals surface area contributed by atoms with Crippen molar-refractivity contribution in [2.24, 2.45) is 0 Å². The molecule has 24 rings (SSSR count). The van der Waals surface area contributed by atoms with Crippen LogP contribution in [0, 0.1) is 0 Å². The van der Waals surface area contributed by atoms with Crippen molar-refractivity contribution < 1.29 is 8.83 Å². The number of rotatable bonds is 7. The molecule has 0 N–H and O–H groups in total. The Balaban J connectivity index is 0.000000130. The summed E-state index contributed by atoms with van der Waals surface area (Å²) in [6, 6.07) is 109. The van der Waals surface area contributed by atoms with Gasteiger partial charge >= 0.3 is 21.4 Å². The fraction of sp³-hybridized carbons (Fsp3) is 0. The summed E-state index contributed by atoms with van der Waals surface area (Å²) in [6.45, 7) is 0. The van der Waals surface area contributed by atoms with Crippen molar-refractivity contribution in [3.05, 3.63) is 328 Å². The molecule has 0 unspecified atom stereocenters. The predicted octanol–water partition coefficient (Wildman–Crippen LogP) is 20.5. The number of hydrogen-bond donors (Lipinski definition) is 0. The van der Waals surface area contributed by atoms with Crippen LogP contribution in [-0.2, 0) is 0 Å². The summed E-state index contributed by atoms with van der Waals surface area (Å²) in [5.41, 5.74) is 24.6. The number of anilines is 18. The third-order valence-electron chi connectivity index (χ3n) is 21.4. The molecule has 0 saturated carbocycles. The minimum atomic E-state index is -0.323. The maximum Gasteiger partial charge on any atom is 0.521 e. The second-order valence-corrected chi connectivity index (χ2v) is 26.9. The van der Waals surface area contributed by atoms with E-state index in [1.807, 2.05) is 67.1 Å². The Morgan fingerprint density at radius 2 is 0.581 bits per heavy atom. The van der Waals surface area contributed by atoms with Crippen LogP contribution in [0.4, 0.5) is 103 Å². The van der Waals surface area contributed by atoms with Gasteiger partial charge in [-0.25, -0.2) is 9.97 Å². The van der Waals surface area contributed by atoms with Crippen molar-refractivity contribution in [1.29, 1.82) is 0 Å². The summed E-state index contributed by atoms with van der Waals surface area (Å²) >= 11 is 0. The van der Waals surface area contributed by atoms with Gasteiger partial charge in [-0.3, -0.25) is 4.98 Å². The van der Waals surface area contributed by atoms with E-state index < -0.39 is 0 Å². The van der Waals surface area contributed by atoms with Gasteiger partial charge in [0, 0.05) is 63.2 Å². The van der Waals surface area contributed by atoms with E-state index in [1.165, 1.54) is 17.1 Å². The SMILES string of the molecule is c1ccc(N2B3N(c4ccc5c(c4)N4B(N5c5ccccc5)N(c5ncc6c(n5)oc5ccccc56)c5ccccc54)c4ccccc4N3c3ccccc32)cc1.c1ccc(N2B3N(c4ncc5c(n4)oc4ccccc45)c4ccccc4N3c3cc(-n4c5ccccc5c5ncccc54)ccc32)cc1. The van der Waals surface area contributed by atoms with Crippen LogP contribution < -0.4 is 43.3 Å². The normalized spacial score (nSPS) is 14.2. The molecule has 6 aliphatic rings. The van der Waals surface area contributed by atoms with Gasteiger partial charge in [0.25, 0.3) is 0 Å². The van der Waals surface area contributed by atoms with Gasteiger partial charge in [0.15, 0.2) is 0 Å². The number of furan rings is 2. The van der Waals surface area contributed by atoms with Gasteiger partial charge < -0.3 is 56.7 Å². The average molecular weight is 1350 g/mol. The fourth-order valence-electron chi connectivity index (χ4n) is 17.1. The van der Waals surface area contributed by atoms with Crippen molar-refractivity contribution in [3.8, 4) is 5.69 Å². The fourth-order valence-corrected chi connectivity index (χ4v) is 17.1. The van der Waals surface area contributed by atoms with E-state index in [9.17, 15) is 0 Å². The van der Waals surface area contributed by atoms with E-state index in [2.05, 4.69) is 309 Å². The van der Waals surface area contributed by atoms with Crippen LogP contribution in [-0.4, -0.2) is 50.8 Å². The molecule has 12 aromatic carbocycles. The Bertz CT molecular complexity index is 6540. The summed E-state index contributed by atoms with van der Waals surface area (Å²) in [5, 5.41) is 4.95. The van der Waals surface area contributed by atoms with Gasteiger partial charge in [0.05, 0.1) is 95.6 Å².